The van der Waals surface area contributed by atoms with Crippen molar-refractivity contribution < 1.29 is 9.53 Å². The fraction of sp³-hybridized carbons (Fsp3) is 0.105. The molecule has 0 radical (unpaired) electrons. The van der Waals surface area contributed by atoms with Gasteiger partial charge in [0.25, 0.3) is 5.91 Å². The van der Waals surface area contributed by atoms with E-state index in [-0.39, 0.29) is 11.6 Å². The number of rotatable bonds is 6. The van der Waals surface area contributed by atoms with Gasteiger partial charge >= 0.3 is 0 Å². The molecule has 2 aromatic carbocycles. The highest BCUT2D eigenvalue weighted by atomic mass is 35.5. The minimum absolute atomic E-state index is 0.233. The summed E-state index contributed by atoms with van der Waals surface area (Å²) in [5.41, 5.74) is 1.91. The zero-order chi connectivity index (χ0) is 18.4. The number of amides is 1. The van der Waals surface area contributed by atoms with Crippen molar-refractivity contribution in [3.8, 4) is 5.75 Å². The minimum Gasteiger partial charge on any atom is -0.496 e. The first kappa shape index (κ1) is 17.7. The summed E-state index contributed by atoms with van der Waals surface area (Å²) in [6.45, 7) is 0.340. The van der Waals surface area contributed by atoms with Crippen molar-refractivity contribution in [3.63, 3.8) is 0 Å². The summed E-state index contributed by atoms with van der Waals surface area (Å²) in [7, 11) is 1.60. The van der Waals surface area contributed by atoms with E-state index in [2.05, 4.69) is 20.8 Å². The van der Waals surface area contributed by atoms with Gasteiger partial charge in [-0.1, -0.05) is 35.9 Å². The molecule has 2 N–H and O–H groups in total. The van der Waals surface area contributed by atoms with E-state index < -0.39 is 0 Å². The van der Waals surface area contributed by atoms with Gasteiger partial charge in [-0.2, -0.15) is 0 Å². The second kappa shape index (κ2) is 8.31. The maximum Gasteiger partial charge on any atom is 0.272 e. The molecule has 1 amide bonds. The molecule has 0 aliphatic heterocycles. The SMILES string of the molecule is COc1ccccc1CNC(=O)c1ccc(Nc2cccc(Cl)c2)nn1. The number of ether oxygens (including phenoxy) is 1. The van der Waals surface area contributed by atoms with E-state index >= 15 is 0 Å². The Bertz CT molecular complexity index is 900. The molecule has 132 valence electrons. The smallest absolute Gasteiger partial charge is 0.272 e. The average molecular weight is 369 g/mol. The van der Waals surface area contributed by atoms with Crippen LogP contribution in [0.1, 0.15) is 16.1 Å². The van der Waals surface area contributed by atoms with Gasteiger partial charge in [-0.15, -0.1) is 10.2 Å². The van der Waals surface area contributed by atoms with E-state index in [0.717, 1.165) is 17.0 Å². The Kier molecular flexibility index (Phi) is 5.66. The van der Waals surface area contributed by atoms with E-state index in [1.807, 2.05) is 36.4 Å². The molecule has 0 bridgehead atoms. The molecule has 0 saturated heterocycles. The Labute approximate surface area is 156 Å². The molecule has 0 unspecified atom stereocenters. The zero-order valence-electron chi connectivity index (χ0n) is 14.1. The standard InChI is InChI=1S/C19H17ClN4O2/c1-26-17-8-3-2-5-13(17)12-21-19(25)16-9-10-18(24-23-16)22-15-7-4-6-14(20)11-15/h2-11H,12H2,1H3,(H,21,25)(H,22,24). The number of para-hydroxylation sites is 1. The monoisotopic (exact) mass is 368 g/mol. The normalized spacial score (nSPS) is 10.2. The number of anilines is 2. The topological polar surface area (TPSA) is 76.1 Å². The van der Waals surface area contributed by atoms with Gasteiger partial charge < -0.3 is 15.4 Å². The van der Waals surface area contributed by atoms with Crippen LogP contribution in [0, 0.1) is 0 Å². The number of nitrogens with one attached hydrogen (secondary N) is 2. The zero-order valence-corrected chi connectivity index (χ0v) is 14.8. The summed E-state index contributed by atoms with van der Waals surface area (Å²) in [6, 6.07) is 18.1. The molecule has 3 rings (SSSR count). The lowest BCUT2D eigenvalue weighted by Gasteiger charge is -2.09. The first-order valence-electron chi connectivity index (χ1n) is 7.92. The fourth-order valence-corrected chi connectivity index (χ4v) is 2.54. The Balaban J connectivity index is 1.61. The molecule has 0 spiro atoms. The van der Waals surface area contributed by atoms with Crippen molar-refractivity contribution in [1.29, 1.82) is 0 Å². The molecular formula is C19H17ClN4O2. The number of hydrogen-bond donors (Lipinski definition) is 2. The van der Waals surface area contributed by atoms with Crippen molar-refractivity contribution >= 4 is 29.0 Å². The number of carbonyl (C=O) groups is 1. The van der Waals surface area contributed by atoms with Gasteiger partial charge in [-0.05, 0) is 36.4 Å². The lowest BCUT2D eigenvalue weighted by Crippen LogP contribution is -2.24. The Morgan fingerprint density at radius 3 is 2.65 bits per heavy atom. The summed E-state index contributed by atoms with van der Waals surface area (Å²) >= 11 is 5.95. The molecule has 0 atom stereocenters. The van der Waals surface area contributed by atoms with Crippen LogP contribution in [0.3, 0.4) is 0 Å². The summed E-state index contributed by atoms with van der Waals surface area (Å²) in [4.78, 5) is 12.2. The third kappa shape index (κ3) is 4.49. The molecule has 26 heavy (non-hydrogen) atoms. The van der Waals surface area contributed by atoms with E-state index in [1.54, 1.807) is 31.4 Å². The lowest BCUT2D eigenvalue weighted by atomic mass is 10.2. The average Bonchev–Trinajstić information content (AvgIpc) is 2.67. The van der Waals surface area contributed by atoms with Crippen molar-refractivity contribution in [2.24, 2.45) is 0 Å². The van der Waals surface area contributed by atoms with Crippen molar-refractivity contribution in [1.82, 2.24) is 15.5 Å². The number of hydrogen-bond acceptors (Lipinski definition) is 5. The largest absolute Gasteiger partial charge is 0.496 e. The summed E-state index contributed by atoms with van der Waals surface area (Å²) in [5.74, 6) is 0.936. The highest BCUT2D eigenvalue weighted by Gasteiger charge is 2.10. The number of halogens is 1. The van der Waals surface area contributed by atoms with Crippen LogP contribution in [0.5, 0.6) is 5.75 Å². The van der Waals surface area contributed by atoms with Crippen LogP contribution in [0.4, 0.5) is 11.5 Å². The van der Waals surface area contributed by atoms with Crippen LogP contribution >= 0.6 is 11.6 Å². The van der Waals surface area contributed by atoms with Gasteiger partial charge in [0, 0.05) is 22.8 Å². The molecule has 0 aliphatic carbocycles. The molecule has 0 saturated carbocycles. The number of nitrogens with zero attached hydrogens (tertiary/aromatic N) is 2. The molecule has 7 heteroatoms. The van der Waals surface area contributed by atoms with Crippen molar-refractivity contribution in [3.05, 3.63) is 76.9 Å². The van der Waals surface area contributed by atoms with Crippen LogP contribution < -0.4 is 15.4 Å². The van der Waals surface area contributed by atoms with Gasteiger partial charge in [-0.25, -0.2) is 0 Å². The Hall–Kier alpha value is -3.12. The lowest BCUT2D eigenvalue weighted by molar-refractivity contribution is 0.0944. The Morgan fingerprint density at radius 1 is 1.08 bits per heavy atom. The number of benzene rings is 2. The second-order valence-corrected chi connectivity index (χ2v) is 5.87. The summed E-state index contributed by atoms with van der Waals surface area (Å²) in [5, 5.41) is 14.5. The molecule has 1 heterocycles. The molecule has 0 aliphatic rings. The molecule has 3 aromatic rings. The Morgan fingerprint density at radius 2 is 1.92 bits per heavy atom. The summed E-state index contributed by atoms with van der Waals surface area (Å²) in [6.07, 6.45) is 0. The highest BCUT2D eigenvalue weighted by Crippen LogP contribution is 2.19. The quantitative estimate of drug-likeness (QED) is 0.691. The third-order valence-electron chi connectivity index (χ3n) is 3.63. The number of methoxy groups -OCH3 is 1. The van der Waals surface area contributed by atoms with E-state index in [1.165, 1.54) is 0 Å². The predicted molar refractivity (Wildman–Crippen MR) is 101 cm³/mol. The summed E-state index contributed by atoms with van der Waals surface area (Å²) < 4.78 is 5.27. The van der Waals surface area contributed by atoms with E-state index in [0.29, 0.717) is 17.4 Å². The van der Waals surface area contributed by atoms with Crippen LogP contribution in [0.25, 0.3) is 0 Å². The number of carbonyl (C=O) groups excluding carboxylic acids is 1. The van der Waals surface area contributed by atoms with Crippen LogP contribution in [-0.4, -0.2) is 23.2 Å². The predicted octanol–water partition coefficient (Wildman–Crippen LogP) is 3.81. The molecule has 6 nitrogen and oxygen atoms in total. The van der Waals surface area contributed by atoms with Gasteiger partial charge in [-0.3, -0.25) is 4.79 Å². The van der Waals surface area contributed by atoms with Gasteiger partial charge in [0.15, 0.2) is 11.5 Å². The van der Waals surface area contributed by atoms with Crippen LogP contribution in [-0.2, 0) is 6.54 Å². The first-order chi connectivity index (χ1) is 12.7. The molecule has 1 aromatic heterocycles. The fourth-order valence-electron chi connectivity index (χ4n) is 2.35. The maximum atomic E-state index is 12.2. The van der Waals surface area contributed by atoms with E-state index in [9.17, 15) is 4.79 Å². The van der Waals surface area contributed by atoms with Gasteiger partial charge in [0.2, 0.25) is 0 Å². The molecule has 0 fully saturated rings. The van der Waals surface area contributed by atoms with Gasteiger partial charge in [0.05, 0.1) is 7.11 Å². The van der Waals surface area contributed by atoms with E-state index in [4.69, 9.17) is 16.3 Å². The van der Waals surface area contributed by atoms with Gasteiger partial charge in [0.1, 0.15) is 5.75 Å². The third-order valence-corrected chi connectivity index (χ3v) is 3.86. The number of aromatic nitrogens is 2. The molecular weight excluding hydrogens is 352 g/mol. The highest BCUT2D eigenvalue weighted by molar-refractivity contribution is 6.30. The first-order valence-corrected chi connectivity index (χ1v) is 8.30. The van der Waals surface area contributed by atoms with Crippen molar-refractivity contribution in [2.75, 3.05) is 12.4 Å². The van der Waals surface area contributed by atoms with Crippen molar-refractivity contribution in [2.45, 2.75) is 6.54 Å². The maximum absolute atomic E-state index is 12.2. The second-order valence-electron chi connectivity index (χ2n) is 5.43. The minimum atomic E-state index is -0.308. The van der Waals surface area contributed by atoms with Crippen LogP contribution in [0.2, 0.25) is 5.02 Å². The van der Waals surface area contributed by atoms with Crippen LogP contribution in [0.15, 0.2) is 60.7 Å².